The van der Waals surface area contributed by atoms with Gasteiger partial charge in [-0.1, -0.05) is 18.2 Å². The van der Waals surface area contributed by atoms with Gasteiger partial charge >= 0.3 is 11.9 Å². The summed E-state index contributed by atoms with van der Waals surface area (Å²) in [5.41, 5.74) is 0.939. The molecule has 2 aromatic rings. The van der Waals surface area contributed by atoms with Crippen LogP contribution in [-0.4, -0.2) is 90.1 Å². The number of carboxylic acids is 2. The van der Waals surface area contributed by atoms with E-state index in [1.165, 1.54) is 10.8 Å². The largest absolute Gasteiger partial charge is 0.481 e. The van der Waals surface area contributed by atoms with E-state index >= 15 is 0 Å². The van der Waals surface area contributed by atoms with Crippen LogP contribution < -0.4 is 5.32 Å². The van der Waals surface area contributed by atoms with Gasteiger partial charge in [0.15, 0.2) is 6.23 Å². The topological polar surface area (TPSA) is 199 Å². The Hall–Kier alpha value is -3.03. The minimum atomic E-state index is -1.60. The van der Waals surface area contributed by atoms with Crippen LogP contribution in [0, 0.1) is 0 Å². The number of amides is 1. The lowest BCUT2D eigenvalue weighted by Gasteiger charge is -2.40. The highest BCUT2D eigenvalue weighted by atomic mass is 16.6. The van der Waals surface area contributed by atoms with Crippen LogP contribution in [0.25, 0.3) is 10.9 Å². The minimum Gasteiger partial charge on any atom is -0.481 e. The molecule has 7 N–H and O–H groups in total. The molecule has 1 fully saturated rings. The molecule has 0 unspecified atom stereocenters. The van der Waals surface area contributed by atoms with Crippen LogP contribution in [0.15, 0.2) is 30.5 Å². The molecule has 0 aliphatic carbocycles. The van der Waals surface area contributed by atoms with E-state index in [1.54, 1.807) is 24.3 Å². The number of nitrogens with zero attached hydrogens (tertiary/aromatic N) is 1. The van der Waals surface area contributed by atoms with Gasteiger partial charge in [-0.2, -0.15) is 0 Å². The molecule has 0 bridgehead atoms. The second-order valence-electron chi connectivity index (χ2n) is 7.53. The normalized spacial score (nSPS) is 26.6. The smallest absolute Gasteiger partial charge is 0.326 e. The summed E-state index contributed by atoms with van der Waals surface area (Å²) in [6.45, 7) is -0.601. The van der Waals surface area contributed by atoms with Crippen molar-refractivity contribution < 1.29 is 49.8 Å². The molecule has 0 spiro atoms. The summed E-state index contributed by atoms with van der Waals surface area (Å²) < 4.78 is 7.04. The first-order valence-electron chi connectivity index (χ1n) is 9.77. The molecule has 1 aliphatic rings. The highest BCUT2D eigenvalue weighted by Gasteiger charge is 2.44. The van der Waals surface area contributed by atoms with E-state index in [-0.39, 0.29) is 6.42 Å². The lowest BCUT2D eigenvalue weighted by atomic mass is 9.98. The predicted molar refractivity (Wildman–Crippen MR) is 106 cm³/mol. The van der Waals surface area contributed by atoms with Gasteiger partial charge in [-0.15, -0.1) is 0 Å². The number of aliphatic hydroxyl groups is 4. The highest BCUT2D eigenvalue weighted by Crippen LogP contribution is 2.33. The van der Waals surface area contributed by atoms with E-state index < -0.39 is 67.6 Å². The van der Waals surface area contributed by atoms with Gasteiger partial charge in [0.25, 0.3) is 0 Å². The van der Waals surface area contributed by atoms with Gasteiger partial charge in [-0.05, 0) is 11.6 Å². The number of aliphatic carboxylic acids is 2. The zero-order valence-corrected chi connectivity index (χ0v) is 16.7. The van der Waals surface area contributed by atoms with Crippen molar-refractivity contribution in [3.63, 3.8) is 0 Å². The van der Waals surface area contributed by atoms with Crippen molar-refractivity contribution in [2.45, 2.75) is 49.5 Å². The first-order chi connectivity index (χ1) is 15.1. The molecule has 174 valence electrons. The van der Waals surface area contributed by atoms with Gasteiger partial charge < -0.3 is 45.3 Å². The number of fused-ring (bicyclic) bond motifs is 1. The third kappa shape index (κ3) is 4.74. The van der Waals surface area contributed by atoms with Gasteiger partial charge in [0, 0.05) is 11.6 Å². The van der Waals surface area contributed by atoms with Crippen molar-refractivity contribution in [2.24, 2.45) is 0 Å². The number of carboxylic acid groups (broad SMARTS) is 2. The van der Waals surface area contributed by atoms with Gasteiger partial charge in [0.2, 0.25) is 5.91 Å². The molecule has 1 saturated heterocycles. The van der Waals surface area contributed by atoms with E-state index in [9.17, 15) is 34.8 Å². The summed E-state index contributed by atoms with van der Waals surface area (Å²) in [5, 5.41) is 60.7. The lowest BCUT2D eigenvalue weighted by Crippen LogP contribution is -2.56. The van der Waals surface area contributed by atoms with Crippen LogP contribution in [0.1, 0.15) is 18.2 Å². The molecule has 12 heteroatoms. The summed E-state index contributed by atoms with van der Waals surface area (Å²) in [7, 11) is 0. The number of rotatable bonds is 8. The van der Waals surface area contributed by atoms with Gasteiger partial charge in [-0.25, -0.2) is 4.79 Å². The number of hydrogen-bond donors (Lipinski definition) is 7. The monoisotopic (exact) mass is 452 g/mol. The molecule has 3 rings (SSSR count). The maximum absolute atomic E-state index is 12.4. The van der Waals surface area contributed by atoms with Crippen molar-refractivity contribution in [1.29, 1.82) is 0 Å². The lowest BCUT2D eigenvalue weighted by molar-refractivity contribution is -0.250. The number of aromatic nitrogens is 1. The molecule has 1 amide bonds. The molecule has 1 aromatic heterocycles. The van der Waals surface area contributed by atoms with Crippen LogP contribution in [0.5, 0.6) is 0 Å². The molecular weight excluding hydrogens is 428 g/mol. The molecule has 0 saturated carbocycles. The first-order valence-corrected chi connectivity index (χ1v) is 9.77. The van der Waals surface area contributed by atoms with E-state index in [0.29, 0.717) is 16.5 Å². The Morgan fingerprint density at radius 2 is 1.75 bits per heavy atom. The Labute approximate surface area is 181 Å². The summed E-state index contributed by atoms with van der Waals surface area (Å²) in [4.78, 5) is 34.5. The molecule has 2 heterocycles. The number of hydrogen-bond acceptors (Lipinski definition) is 8. The van der Waals surface area contributed by atoms with Crippen LogP contribution in [0.3, 0.4) is 0 Å². The number of para-hydroxylation sites is 1. The molecule has 12 nitrogen and oxygen atoms in total. The van der Waals surface area contributed by atoms with Crippen molar-refractivity contribution in [1.82, 2.24) is 9.88 Å². The van der Waals surface area contributed by atoms with E-state index in [1.807, 2.05) is 0 Å². The molecule has 1 aromatic carbocycles. The third-order valence-electron chi connectivity index (χ3n) is 5.33. The van der Waals surface area contributed by atoms with Crippen LogP contribution >= 0.6 is 0 Å². The Kier molecular flexibility index (Phi) is 7.11. The maximum atomic E-state index is 12.4. The van der Waals surface area contributed by atoms with Gasteiger partial charge in [-0.3, -0.25) is 9.59 Å². The fourth-order valence-corrected chi connectivity index (χ4v) is 3.73. The van der Waals surface area contributed by atoms with Crippen molar-refractivity contribution in [3.8, 4) is 0 Å². The number of ether oxygens (including phenoxy) is 1. The predicted octanol–water partition coefficient (Wildman–Crippen LogP) is -1.80. The zero-order valence-electron chi connectivity index (χ0n) is 16.7. The number of carbonyl (C=O) groups is 3. The van der Waals surface area contributed by atoms with Gasteiger partial charge in [0.1, 0.15) is 30.5 Å². The van der Waals surface area contributed by atoms with E-state index in [2.05, 4.69) is 5.32 Å². The second-order valence-corrected chi connectivity index (χ2v) is 7.53. The van der Waals surface area contributed by atoms with Crippen molar-refractivity contribution >= 4 is 28.7 Å². The average molecular weight is 452 g/mol. The highest BCUT2D eigenvalue weighted by molar-refractivity contribution is 5.92. The first kappa shape index (κ1) is 23.6. The molecule has 1 aliphatic heterocycles. The van der Waals surface area contributed by atoms with Gasteiger partial charge in [0.05, 0.1) is 25.0 Å². The Morgan fingerprint density at radius 3 is 2.38 bits per heavy atom. The second kappa shape index (κ2) is 9.63. The Bertz CT molecular complexity index is 1000. The summed E-state index contributed by atoms with van der Waals surface area (Å²) in [5.74, 6) is -3.59. The van der Waals surface area contributed by atoms with E-state index in [0.717, 1.165) is 0 Å². The Morgan fingerprint density at radius 1 is 1.06 bits per heavy atom. The average Bonchev–Trinajstić information content (AvgIpc) is 3.09. The molecule has 32 heavy (non-hydrogen) atoms. The summed E-state index contributed by atoms with van der Waals surface area (Å²) in [6, 6.07) is 5.15. The number of aliphatic hydroxyl groups excluding tert-OH is 4. The quantitative estimate of drug-likeness (QED) is 0.240. The SMILES string of the molecule is O=C(O)C[C@@H](NC(=O)Cc1cn([C@@H]2O[C@H](CO)[C@@H](O)[C@H](O)[C@H]2O)c2ccccc12)C(=O)O. The number of nitrogens with one attached hydrogen (secondary N) is 1. The van der Waals surface area contributed by atoms with Crippen LogP contribution in [0.2, 0.25) is 0 Å². The summed E-state index contributed by atoms with van der Waals surface area (Å²) in [6.07, 6.45) is -6.58. The number of benzene rings is 1. The summed E-state index contributed by atoms with van der Waals surface area (Å²) >= 11 is 0. The fraction of sp³-hybridized carbons (Fsp3) is 0.450. The van der Waals surface area contributed by atoms with Crippen LogP contribution in [-0.2, 0) is 25.5 Å². The standard InChI is InChI=1S/C20H24N2O10/c23-8-13-16(27)17(28)18(29)19(32-13)22-7-9(10-3-1-2-4-12(10)22)5-14(24)21-11(20(30)31)6-15(25)26/h1-4,7,11,13,16-19,23,27-29H,5-6,8H2,(H,21,24)(H,25,26)(H,30,31)/t11-,13-,16-,17+,18-,19-/m1/s1. The third-order valence-corrected chi connectivity index (χ3v) is 5.33. The Balaban J connectivity index is 1.90. The zero-order chi connectivity index (χ0) is 23.6. The maximum Gasteiger partial charge on any atom is 0.326 e. The van der Waals surface area contributed by atoms with E-state index in [4.69, 9.17) is 14.9 Å². The molecular formula is C20H24N2O10. The van der Waals surface area contributed by atoms with Crippen molar-refractivity contribution in [2.75, 3.05) is 6.61 Å². The minimum absolute atomic E-state index is 0.297. The molecule has 0 radical (unpaired) electrons. The van der Waals surface area contributed by atoms with Crippen LogP contribution in [0.4, 0.5) is 0 Å². The molecule has 6 atom stereocenters. The fourth-order valence-electron chi connectivity index (χ4n) is 3.73. The number of carbonyl (C=O) groups excluding carboxylic acids is 1. The van der Waals surface area contributed by atoms with Crippen molar-refractivity contribution in [3.05, 3.63) is 36.0 Å².